The Kier molecular flexibility index (Phi) is 7.49. The van der Waals surface area contributed by atoms with Crippen LogP contribution >= 0.6 is 0 Å². The summed E-state index contributed by atoms with van der Waals surface area (Å²) in [6.07, 6.45) is 4.37. The maximum atomic E-state index is 12.9. The van der Waals surface area contributed by atoms with Crippen molar-refractivity contribution >= 4 is 21.8 Å². The number of rotatable bonds is 6. The molecule has 3 rings (SSSR count). The number of benzene rings is 1. The number of carbonyl (C=O) groups excluding carboxylic acids is 2. The molecule has 2 aliphatic rings. The molecule has 1 atom stereocenters. The molecule has 0 spiro atoms. The van der Waals surface area contributed by atoms with E-state index in [1.807, 2.05) is 6.92 Å². The molecule has 2 N–H and O–H groups in total. The molecule has 2 aliphatic heterocycles. The van der Waals surface area contributed by atoms with Crippen LogP contribution in [-0.2, 0) is 14.8 Å². The fourth-order valence-corrected chi connectivity index (χ4v) is 5.83. The summed E-state index contributed by atoms with van der Waals surface area (Å²) < 4.78 is 27.4. The highest BCUT2D eigenvalue weighted by atomic mass is 32.2. The fourth-order valence-electron chi connectivity index (χ4n) is 4.13. The lowest BCUT2D eigenvalue weighted by Crippen LogP contribution is -2.47. The van der Waals surface area contributed by atoms with Crippen molar-refractivity contribution in [3.05, 3.63) is 29.8 Å². The maximum absolute atomic E-state index is 12.9. The van der Waals surface area contributed by atoms with Gasteiger partial charge in [0.15, 0.2) is 0 Å². The molecule has 2 saturated heterocycles. The second kappa shape index (κ2) is 9.89. The molecule has 30 heavy (non-hydrogen) atoms. The van der Waals surface area contributed by atoms with E-state index in [9.17, 15) is 18.0 Å². The summed E-state index contributed by atoms with van der Waals surface area (Å²) >= 11 is 0. The summed E-state index contributed by atoms with van der Waals surface area (Å²) in [5.41, 5.74) is 0.452. The van der Waals surface area contributed by atoms with Gasteiger partial charge in [-0.15, -0.1) is 0 Å². The van der Waals surface area contributed by atoms with Crippen LogP contribution in [0.1, 0.15) is 49.4 Å². The number of amides is 2. The first-order chi connectivity index (χ1) is 14.3. The minimum Gasteiger partial charge on any atom is -0.358 e. The standard InChI is InChI=1S/C21H32N4O4S/c1-16-5-3-4-12-25(16)30(28,29)19-8-6-17(7-9-19)21(27)23-18-10-13-24(14-11-18)15-20(26)22-2/h6-9,16,18H,3-5,10-15H2,1-2H3,(H,22,26)(H,23,27). The third-order valence-electron chi connectivity index (χ3n) is 6.03. The Bertz CT molecular complexity index is 848. The van der Waals surface area contributed by atoms with E-state index < -0.39 is 10.0 Å². The van der Waals surface area contributed by atoms with E-state index in [4.69, 9.17) is 0 Å². The zero-order chi connectivity index (χ0) is 21.7. The summed E-state index contributed by atoms with van der Waals surface area (Å²) in [5, 5.41) is 5.64. The van der Waals surface area contributed by atoms with Gasteiger partial charge in [0.2, 0.25) is 15.9 Å². The van der Waals surface area contributed by atoms with E-state index in [2.05, 4.69) is 15.5 Å². The number of nitrogens with one attached hydrogen (secondary N) is 2. The molecular weight excluding hydrogens is 404 g/mol. The Labute approximate surface area is 179 Å². The van der Waals surface area contributed by atoms with Gasteiger partial charge in [0.05, 0.1) is 11.4 Å². The van der Waals surface area contributed by atoms with Crippen molar-refractivity contribution in [3.63, 3.8) is 0 Å². The highest BCUT2D eigenvalue weighted by Gasteiger charge is 2.31. The van der Waals surface area contributed by atoms with Gasteiger partial charge >= 0.3 is 0 Å². The summed E-state index contributed by atoms with van der Waals surface area (Å²) in [4.78, 5) is 26.4. The van der Waals surface area contributed by atoms with Crippen LogP contribution in [0.2, 0.25) is 0 Å². The van der Waals surface area contributed by atoms with Gasteiger partial charge in [-0.1, -0.05) is 6.42 Å². The summed E-state index contributed by atoms with van der Waals surface area (Å²) in [6.45, 7) is 4.37. The first kappa shape index (κ1) is 22.7. The van der Waals surface area contributed by atoms with Gasteiger partial charge in [-0.25, -0.2) is 8.42 Å². The molecule has 1 unspecified atom stereocenters. The summed E-state index contributed by atoms with van der Waals surface area (Å²) in [6, 6.07) is 6.27. The minimum atomic E-state index is -3.54. The lowest BCUT2D eigenvalue weighted by Gasteiger charge is -2.32. The molecule has 1 aromatic carbocycles. The number of carbonyl (C=O) groups is 2. The Balaban J connectivity index is 1.56. The zero-order valence-electron chi connectivity index (χ0n) is 17.8. The van der Waals surface area contributed by atoms with Crippen molar-refractivity contribution in [3.8, 4) is 0 Å². The molecule has 0 aromatic heterocycles. The summed E-state index contributed by atoms with van der Waals surface area (Å²) in [7, 11) is -1.91. The Morgan fingerprint density at radius 2 is 1.70 bits per heavy atom. The van der Waals surface area contributed by atoms with Crippen LogP contribution in [0.4, 0.5) is 0 Å². The Hall–Kier alpha value is -1.97. The van der Waals surface area contributed by atoms with E-state index in [0.29, 0.717) is 18.7 Å². The van der Waals surface area contributed by atoms with E-state index in [1.54, 1.807) is 23.5 Å². The number of likely N-dealkylation sites (N-methyl/N-ethyl adjacent to an activating group) is 1. The summed E-state index contributed by atoms with van der Waals surface area (Å²) in [5.74, 6) is -0.207. The van der Waals surface area contributed by atoms with E-state index in [-0.39, 0.29) is 28.8 Å². The minimum absolute atomic E-state index is 0.000920. The molecule has 166 valence electrons. The van der Waals surface area contributed by atoms with Crippen molar-refractivity contribution in [1.29, 1.82) is 0 Å². The van der Waals surface area contributed by atoms with Crippen molar-refractivity contribution in [2.24, 2.45) is 0 Å². The Morgan fingerprint density at radius 1 is 1.03 bits per heavy atom. The first-order valence-electron chi connectivity index (χ1n) is 10.7. The molecule has 1 aromatic rings. The van der Waals surface area contributed by atoms with E-state index in [1.165, 1.54) is 12.1 Å². The topological polar surface area (TPSA) is 98.8 Å². The lowest BCUT2D eigenvalue weighted by molar-refractivity contribution is -0.122. The van der Waals surface area contributed by atoms with Crippen LogP contribution in [0.3, 0.4) is 0 Å². The zero-order valence-corrected chi connectivity index (χ0v) is 18.6. The quantitative estimate of drug-likeness (QED) is 0.698. The average molecular weight is 437 g/mol. The number of hydrogen-bond acceptors (Lipinski definition) is 5. The second-order valence-corrected chi connectivity index (χ2v) is 10.1. The molecule has 0 saturated carbocycles. The molecular formula is C21H32N4O4S. The molecule has 0 bridgehead atoms. The van der Waals surface area contributed by atoms with Crippen LogP contribution in [0, 0.1) is 0 Å². The number of piperidine rings is 2. The van der Waals surface area contributed by atoms with Gasteiger partial charge < -0.3 is 10.6 Å². The molecule has 2 heterocycles. The van der Waals surface area contributed by atoms with Crippen LogP contribution in [0.25, 0.3) is 0 Å². The lowest BCUT2D eigenvalue weighted by atomic mass is 10.0. The van der Waals surface area contributed by atoms with Gasteiger partial charge in [-0.3, -0.25) is 14.5 Å². The SMILES string of the molecule is CNC(=O)CN1CCC(NC(=O)c2ccc(S(=O)(=O)N3CCCCC3C)cc2)CC1. The van der Waals surface area contributed by atoms with Gasteiger partial charge in [0, 0.05) is 44.3 Å². The number of hydrogen-bond donors (Lipinski definition) is 2. The maximum Gasteiger partial charge on any atom is 0.251 e. The number of likely N-dealkylation sites (tertiary alicyclic amines) is 1. The van der Waals surface area contributed by atoms with Crippen LogP contribution in [0.5, 0.6) is 0 Å². The number of nitrogens with zero attached hydrogens (tertiary/aromatic N) is 2. The number of sulfonamides is 1. The fraction of sp³-hybridized carbons (Fsp3) is 0.619. The Morgan fingerprint density at radius 3 is 2.30 bits per heavy atom. The van der Waals surface area contributed by atoms with Crippen LogP contribution < -0.4 is 10.6 Å². The van der Waals surface area contributed by atoms with Crippen molar-refractivity contribution < 1.29 is 18.0 Å². The largest absolute Gasteiger partial charge is 0.358 e. The van der Waals surface area contributed by atoms with Crippen molar-refractivity contribution in [2.45, 2.75) is 56.0 Å². The van der Waals surface area contributed by atoms with Gasteiger partial charge in [-0.05, 0) is 56.9 Å². The molecule has 2 fully saturated rings. The van der Waals surface area contributed by atoms with Crippen LogP contribution in [-0.4, -0.2) is 74.7 Å². The molecule has 9 heteroatoms. The van der Waals surface area contributed by atoms with Crippen molar-refractivity contribution in [2.75, 3.05) is 33.2 Å². The third kappa shape index (κ3) is 5.39. The first-order valence-corrected chi connectivity index (χ1v) is 12.1. The van der Waals surface area contributed by atoms with E-state index in [0.717, 1.165) is 45.2 Å². The smallest absolute Gasteiger partial charge is 0.251 e. The molecule has 0 aliphatic carbocycles. The van der Waals surface area contributed by atoms with Crippen LogP contribution in [0.15, 0.2) is 29.2 Å². The molecule has 0 radical (unpaired) electrons. The monoisotopic (exact) mass is 436 g/mol. The highest BCUT2D eigenvalue weighted by Crippen LogP contribution is 2.25. The normalized spacial score (nSPS) is 21.9. The second-order valence-electron chi connectivity index (χ2n) is 8.18. The van der Waals surface area contributed by atoms with Crippen molar-refractivity contribution in [1.82, 2.24) is 19.8 Å². The molecule has 8 nitrogen and oxygen atoms in total. The molecule has 2 amide bonds. The average Bonchev–Trinajstić information content (AvgIpc) is 2.75. The van der Waals surface area contributed by atoms with E-state index >= 15 is 0 Å². The van der Waals surface area contributed by atoms with Gasteiger partial charge in [0.1, 0.15) is 0 Å². The third-order valence-corrected chi connectivity index (χ3v) is 8.06. The van der Waals surface area contributed by atoms with Gasteiger partial charge in [0.25, 0.3) is 5.91 Å². The predicted octanol–water partition coefficient (Wildman–Crippen LogP) is 1.19. The highest BCUT2D eigenvalue weighted by molar-refractivity contribution is 7.89. The van der Waals surface area contributed by atoms with Gasteiger partial charge in [-0.2, -0.15) is 4.31 Å². The predicted molar refractivity (Wildman–Crippen MR) is 115 cm³/mol.